The zero-order valence-corrected chi connectivity index (χ0v) is 14.0. The highest BCUT2D eigenvalue weighted by atomic mass is 19.1. The average Bonchev–Trinajstić information content (AvgIpc) is 3.30. The number of halogens is 1. The largest absolute Gasteiger partial charge is 0.381 e. The molecule has 4 rings (SSSR count). The number of aromatic nitrogens is 3. The smallest absolute Gasteiger partial charge is 0.320 e. The lowest BCUT2D eigenvalue weighted by Crippen LogP contribution is -2.33. The average molecular weight is 355 g/mol. The van der Waals surface area contributed by atoms with Gasteiger partial charge in [-0.2, -0.15) is 5.10 Å². The third-order valence-electron chi connectivity index (χ3n) is 4.38. The molecule has 134 valence electrons. The van der Waals surface area contributed by atoms with Crippen molar-refractivity contribution in [3.8, 4) is 11.3 Å². The highest BCUT2D eigenvalue weighted by molar-refractivity contribution is 5.95. The van der Waals surface area contributed by atoms with Crippen LogP contribution >= 0.6 is 0 Å². The highest BCUT2D eigenvalue weighted by Gasteiger charge is 2.16. The van der Waals surface area contributed by atoms with E-state index >= 15 is 0 Å². The zero-order chi connectivity index (χ0) is 17.9. The van der Waals surface area contributed by atoms with E-state index in [9.17, 15) is 9.18 Å². The third-order valence-corrected chi connectivity index (χ3v) is 4.38. The number of amides is 2. The van der Waals surface area contributed by atoms with Gasteiger partial charge in [0.1, 0.15) is 17.3 Å². The third kappa shape index (κ3) is 3.50. The second kappa shape index (κ2) is 7.09. The number of rotatable bonds is 4. The fourth-order valence-electron chi connectivity index (χ4n) is 2.95. The summed E-state index contributed by atoms with van der Waals surface area (Å²) in [5.74, 6) is 0.488. The molecule has 1 saturated heterocycles. The second-order valence-corrected chi connectivity index (χ2v) is 6.26. The van der Waals surface area contributed by atoms with E-state index in [2.05, 4.69) is 25.8 Å². The number of fused-ring (bicyclic) bond motifs is 1. The minimum atomic E-state index is -0.304. The van der Waals surface area contributed by atoms with Gasteiger partial charge < -0.3 is 10.1 Å². The number of carbonyl (C=O) groups excluding carboxylic acids is 1. The number of ether oxygens (including phenoxy) is 1. The van der Waals surface area contributed by atoms with Gasteiger partial charge in [-0.3, -0.25) is 10.4 Å². The monoisotopic (exact) mass is 355 g/mol. The normalized spacial score (nSPS) is 16.7. The zero-order valence-electron chi connectivity index (χ0n) is 14.0. The molecule has 3 N–H and O–H groups in total. The molecule has 0 bridgehead atoms. The predicted octanol–water partition coefficient (Wildman–Crippen LogP) is 2.92. The van der Waals surface area contributed by atoms with Crippen molar-refractivity contribution < 1.29 is 13.9 Å². The van der Waals surface area contributed by atoms with Crippen molar-refractivity contribution in [2.75, 3.05) is 25.1 Å². The Balaban J connectivity index is 1.46. The lowest BCUT2D eigenvalue weighted by Gasteiger charge is -2.10. The van der Waals surface area contributed by atoms with E-state index in [0.717, 1.165) is 29.5 Å². The van der Waals surface area contributed by atoms with Crippen LogP contribution in [0.15, 0.2) is 36.5 Å². The maximum absolute atomic E-state index is 13.1. The lowest BCUT2D eigenvalue weighted by molar-refractivity contribution is 0.185. The molecule has 0 saturated carbocycles. The van der Waals surface area contributed by atoms with Gasteiger partial charge in [0, 0.05) is 42.3 Å². The van der Waals surface area contributed by atoms with Crippen LogP contribution in [-0.4, -0.2) is 41.0 Å². The quantitative estimate of drug-likeness (QED) is 0.671. The van der Waals surface area contributed by atoms with Crippen molar-refractivity contribution >= 4 is 22.8 Å². The van der Waals surface area contributed by atoms with E-state index in [0.29, 0.717) is 30.6 Å². The topological polar surface area (TPSA) is 91.9 Å². The Hall–Kier alpha value is -3.00. The van der Waals surface area contributed by atoms with Gasteiger partial charge in [0.25, 0.3) is 0 Å². The summed E-state index contributed by atoms with van der Waals surface area (Å²) in [4.78, 5) is 16.3. The van der Waals surface area contributed by atoms with Gasteiger partial charge in [0.15, 0.2) is 0 Å². The van der Waals surface area contributed by atoms with E-state index in [-0.39, 0.29) is 11.8 Å². The second-order valence-electron chi connectivity index (χ2n) is 6.26. The number of carbonyl (C=O) groups is 1. The fourth-order valence-corrected chi connectivity index (χ4v) is 2.95. The number of H-pyrrole nitrogens is 1. The van der Waals surface area contributed by atoms with Crippen LogP contribution in [0.3, 0.4) is 0 Å². The summed E-state index contributed by atoms with van der Waals surface area (Å²) >= 11 is 0. The summed E-state index contributed by atoms with van der Waals surface area (Å²) in [7, 11) is 0. The van der Waals surface area contributed by atoms with E-state index < -0.39 is 0 Å². The summed E-state index contributed by atoms with van der Waals surface area (Å²) in [5, 5.41) is 13.5. The van der Waals surface area contributed by atoms with Gasteiger partial charge in [0.2, 0.25) is 0 Å². The molecule has 0 spiro atoms. The Morgan fingerprint density at radius 3 is 2.96 bits per heavy atom. The van der Waals surface area contributed by atoms with Gasteiger partial charge in [-0.25, -0.2) is 14.2 Å². The fraction of sp³-hybridized carbons (Fsp3) is 0.278. The van der Waals surface area contributed by atoms with Crippen molar-refractivity contribution in [1.82, 2.24) is 20.5 Å². The number of urea groups is 1. The summed E-state index contributed by atoms with van der Waals surface area (Å²) in [6.07, 6.45) is 2.60. The Bertz CT molecular complexity index is 919. The summed E-state index contributed by atoms with van der Waals surface area (Å²) in [5.41, 5.74) is 2.21. The highest BCUT2D eigenvalue weighted by Crippen LogP contribution is 2.27. The number of anilines is 1. The van der Waals surface area contributed by atoms with Gasteiger partial charge in [-0.15, -0.1) is 0 Å². The van der Waals surface area contributed by atoms with Gasteiger partial charge in [-0.05, 0) is 30.7 Å². The number of hydrogen-bond donors (Lipinski definition) is 3. The molecular weight excluding hydrogens is 337 g/mol. The minimum Gasteiger partial charge on any atom is -0.381 e. The molecule has 1 aromatic carbocycles. The molecule has 1 unspecified atom stereocenters. The van der Waals surface area contributed by atoms with E-state index in [1.807, 2.05) is 0 Å². The van der Waals surface area contributed by atoms with Crippen LogP contribution < -0.4 is 10.6 Å². The maximum Gasteiger partial charge on any atom is 0.320 e. The van der Waals surface area contributed by atoms with Crippen molar-refractivity contribution in [3.63, 3.8) is 0 Å². The minimum absolute atomic E-state index is 0.298. The van der Waals surface area contributed by atoms with Gasteiger partial charge in [0.05, 0.1) is 12.1 Å². The van der Waals surface area contributed by atoms with Crippen molar-refractivity contribution in [1.29, 1.82) is 0 Å². The predicted molar refractivity (Wildman–Crippen MR) is 95.2 cm³/mol. The van der Waals surface area contributed by atoms with Crippen LogP contribution in [0.2, 0.25) is 0 Å². The SMILES string of the molecule is O=C(NCC1CCOC1)Nc1cc2[nH]nc(-c3ccc(F)cc3)c2cn1. The van der Waals surface area contributed by atoms with Crippen LogP contribution in [0.5, 0.6) is 0 Å². The summed E-state index contributed by atoms with van der Waals surface area (Å²) in [6, 6.07) is 7.52. The van der Waals surface area contributed by atoms with Crippen molar-refractivity contribution in [3.05, 3.63) is 42.3 Å². The number of nitrogens with zero attached hydrogens (tertiary/aromatic N) is 2. The van der Waals surface area contributed by atoms with Gasteiger partial charge >= 0.3 is 6.03 Å². The first-order valence-electron chi connectivity index (χ1n) is 8.42. The Morgan fingerprint density at radius 2 is 2.19 bits per heavy atom. The van der Waals surface area contributed by atoms with Gasteiger partial charge in [-0.1, -0.05) is 0 Å². The van der Waals surface area contributed by atoms with Crippen LogP contribution in [0.25, 0.3) is 22.2 Å². The molecule has 8 heteroatoms. The molecule has 2 amide bonds. The molecule has 1 aliphatic rings. The van der Waals surface area contributed by atoms with Crippen LogP contribution in [-0.2, 0) is 4.74 Å². The number of pyridine rings is 1. The molecule has 0 aliphatic carbocycles. The molecule has 1 fully saturated rings. The van der Waals surface area contributed by atoms with E-state index in [1.165, 1.54) is 12.1 Å². The molecule has 1 atom stereocenters. The Morgan fingerprint density at radius 1 is 1.35 bits per heavy atom. The van der Waals surface area contributed by atoms with Crippen molar-refractivity contribution in [2.45, 2.75) is 6.42 Å². The first kappa shape index (κ1) is 16.5. The molecule has 26 heavy (non-hydrogen) atoms. The standard InChI is InChI=1S/C18H18FN5O2/c19-13-3-1-12(2-4-13)17-14-9-20-16(7-15(14)23-24-17)22-18(25)21-8-11-5-6-26-10-11/h1-4,7,9,11H,5-6,8,10H2,(H,23,24)(H2,20,21,22,25). The van der Waals surface area contributed by atoms with Crippen LogP contribution in [0.1, 0.15) is 6.42 Å². The number of hydrogen-bond acceptors (Lipinski definition) is 4. The van der Waals surface area contributed by atoms with E-state index in [4.69, 9.17) is 4.74 Å². The Kier molecular flexibility index (Phi) is 4.49. The van der Waals surface area contributed by atoms with E-state index in [1.54, 1.807) is 24.4 Å². The molecule has 1 aliphatic heterocycles. The Labute approximate surface area is 149 Å². The number of aromatic amines is 1. The van der Waals surface area contributed by atoms with Crippen LogP contribution in [0, 0.1) is 11.7 Å². The molecule has 2 aromatic heterocycles. The molecule has 3 heterocycles. The first-order chi connectivity index (χ1) is 12.7. The molecule has 7 nitrogen and oxygen atoms in total. The lowest BCUT2D eigenvalue weighted by atomic mass is 10.1. The summed E-state index contributed by atoms with van der Waals surface area (Å²) < 4.78 is 18.4. The number of benzene rings is 1. The number of nitrogens with one attached hydrogen (secondary N) is 3. The first-order valence-corrected chi connectivity index (χ1v) is 8.42. The maximum atomic E-state index is 13.1. The molecule has 0 radical (unpaired) electrons. The van der Waals surface area contributed by atoms with Crippen LogP contribution in [0.4, 0.5) is 15.0 Å². The summed E-state index contributed by atoms with van der Waals surface area (Å²) in [6.45, 7) is 2.01. The molecular formula is C18H18FN5O2. The van der Waals surface area contributed by atoms with Crippen molar-refractivity contribution in [2.24, 2.45) is 5.92 Å². The molecule has 3 aromatic rings.